The van der Waals surface area contributed by atoms with E-state index in [1.54, 1.807) is 29.1 Å². The molecular formula is C25H23Cl2F5N4O4. The Morgan fingerprint density at radius 3 is 2.52 bits per heavy atom. The van der Waals surface area contributed by atoms with Gasteiger partial charge in [-0.25, -0.2) is 13.8 Å². The van der Waals surface area contributed by atoms with Crippen LogP contribution in [0.4, 0.5) is 22.0 Å². The van der Waals surface area contributed by atoms with E-state index in [0.717, 1.165) is 6.07 Å². The Hall–Kier alpha value is -3.16. The lowest BCUT2D eigenvalue weighted by Crippen LogP contribution is -2.35. The van der Waals surface area contributed by atoms with E-state index in [1.807, 2.05) is 0 Å². The number of aryl methyl sites for hydroxylation is 1. The third-order valence-electron chi connectivity index (χ3n) is 6.32. The number of carbonyl (C=O) groups excluding carboxylic acids is 2. The molecule has 0 aliphatic heterocycles. The van der Waals surface area contributed by atoms with E-state index in [-0.39, 0.29) is 29.3 Å². The summed E-state index contributed by atoms with van der Waals surface area (Å²) >= 11 is 13.0. The van der Waals surface area contributed by atoms with E-state index in [4.69, 9.17) is 27.9 Å². The molecule has 40 heavy (non-hydrogen) atoms. The van der Waals surface area contributed by atoms with Gasteiger partial charge in [-0.15, -0.1) is 0 Å². The van der Waals surface area contributed by atoms with Crippen LogP contribution < -0.4 is 15.4 Å². The first-order valence-corrected chi connectivity index (χ1v) is 12.7. The SMILES string of the molecule is Cn1c(Cc2c(Cl)ccc(CNC(=O)C3(O)CC3)c2Cl)nc2cc(C(=O)NCC(F)(F)F)c(OCC(F)F)cc21. The highest BCUT2D eigenvalue weighted by Gasteiger charge is 2.47. The predicted molar refractivity (Wildman–Crippen MR) is 136 cm³/mol. The minimum absolute atomic E-state index is 0.0356. The summed E-state index contributed by atoms with van der Waals surface area (Å²) in [6.07, 6.45) is -6.75. The van der Waals surface area contributed by atoms with Gasteiger partial charge in [0.1, 0.15) is 30.3 Å². The number of hydrogen-bond donors (Lipinski definition) is 3. The molecule has 0 bridgehead atoms. The lowest BCUT2D eigenvalue weighted by Gasteiger charge is -2.14. The second kappa shape index (κ2) is 11.4. The van der Waals surface area contributed by atoms with Crippen LogP contribution in [0.15, 0.2) is 24.3 Å². The quantitative estimate of drug-likeness (QED) is 0.293. The van der Waals surface area contributed by atoms with Gasteiger partial charge in [0, 0.05) is 31.1 Å². The number of rotatable bonds is 10. The van der Waals surface area contributed by atoms with Crippen molar-refractivity contribution in [3.05, 3.63) is 56.8 Å². The molecule has 3 N–H and O–H groups in total. The Morgan fingerprint density at radius 2 is 1.90 bits per heavy atom. The number of aromatic nitrogens is 2. The van der Waals surface area contributed by atoms with E-state index in [9.17, 15) is 36.6 Å². The number of carbonyl (C=O) groups is 2. The molecule has 1 aliphatic rings. The van der Waals surface area contributed by atoms with Crippen LogP contribution in [-0.2, 0) is 24.8 Å². The average molecular weight is 609 g/mol. The lowest BCUT2D eigenvalue weighted by molar-refractivity contribution is -0.131. The van der Waals surface area contributed by atoms with Crippen LogP contribution in [0, 0.1) is 0 Å². The predicted octanol–water partition coefficient (Wildman–Crippen LogP) is 4.55. The number of hydrogen-bond acceptors (Lipinski definition) is 5. The van der Waals surface area contributed by atoms with Crippen molar-refractivity contribution in [2.45, 2.75) is 44.0 Å². The maximum absolute atomic E-state index is 12.8. The van der Waals surface area contributed by atoms with Crippen LogP contribution in [0.2, 0.25) is 10.0 Å². The smallest absolute Gasteiger partial charge is 0.405 e. The number of benzene rings is 2. The molecule has 0 spiro atoms. The number of nitrogens with one attached hydrogen (secondary N) is 2. The van der Waals surface area contributed by atoms with E-state index in [0.29, 0.717) is 40.3 Å². The van der Waals surface area contributed by atoms with Gasteiger partial charge < -0.3 is 25.0 Å². The van der Waals surface area contributed by atoms with Gasteiger partial charge in [0.05, 0.1) is 21.6 Å². The number of alkyl halides is 5. The summed E-state index contributed by atoms with van der Waals surface area (Å²) in [6.45, 7) is -2.67. The number of aliphatic hydroxyl groups is 1. The fraction of sp³-hybridized carbons (Fsp3) is 0.400. The first-order chi connectivity index (χ1) is 18.7. The lowest BCUT2D eigenvalue weighted by atomic mass is 10.1. The van der Waals surface area contributed by atoms with Crippen LogP contribution in [-0.4, -0.2) is 57.8 Å². The summed E-state index contributed by atoms with van der Waals surface area (Å²) in [5, 5.41) is 14.8. The number of halogens is 7. The fourth-order valence-corrected chi connectivity index (χ4v) is 4.51. The zero-order valence-corrected chi connectivity index (χ0v) is 22.4. The standard InChI is InChI=1S/C25H23Cl2F5N4O4/c1-36-17-8-18(40-10-19(28)29)14(22(37)34-11-25(30,31)32)6-16(17)35-20(36)7-13-15(26)3-2-12(21(13)27)9-33-23(38)24(39)4-5-24/h2-3,6,8,19,39H,4-5,7,9-11H2,1H3,(H,33,38)(H,34,37). The molecule has 0 saturated heterocycles. The minimum atomic E-state index is -4.69. The third kappa shape index (κ3) is 6.76. The van der Waals surface area contributed by atoms with Gasteiger partial charge in [0.15, 0.2) is 0 Å². The summed E-state index contributed by atoms with van der Waals surface area (Å²) in [5.41, 5.74) is -0.227. The zero-order chi connectivity index (χ0) is 29.4. The first-order valence-electron chi connectivity index (χ1n) is 11.9. The Labute approximate surface area is 234 Å². The Balaban J connectivity index is 1.64. The molecule has 1 heterocycles. The van der Waals surface area contributed by atoms with Crippen molar-refractivity contribution in [1.82, 2.24) is 20.2 Å². The molecule has 4 rings (SSSR count). The number of fused-ring (bicyclic) bond motifs is 1. The number of imidazole rings is 1. The van der Waals surface area contributed by atoms with E-state index in [1.165, 1.54) is 6.07 Å². The molecule has 2 aromatic carbocycles. The van der Waals surface area contributed by atoms with Crippen LogP contribution in [0.25, 0.3) is 11.0 Å². The molecule has 1 aliphatic carbocycles. The molecule has 0 radical (unpaired) electrons. The van der Waals surface area contributed by atoms with Crippen LogP contribution in [0.3, 0.4) is 0 Å². The normalized spacial score (nSPS) is 14.4. The molecule has 8 nitrogen and oxygen atoms in total. The van der Waals surface area contributed by atoms with Gasteiger partial charge in [0.25, 0.3) is 18.2 Å². The van der Waals surface area contributed by atoms with Crippen LogP contribution in [0.1, 0.15) is 40.2 Å². The Bertz CT molecular complexity index is 1460. The second-order valence-electron chi connectivity index (χ2n) is 9.31. The van der Waals surface area contributed by atoms with Crippen LogP contribution >= 0.6 is 23.2 Å². The highest BCUT2D eigenvalue weighted by atomic mass is 35.5. The molecule has 2 amide bonds. The van der Waals surface area contributed by atoms with Crippen molar-refractivity contribution in [3.8, 4) is 5.75 Å². The topological polar surface area (TPSA) is 105 Å². The van der Waals surface area contributed by atoms with Gasteiger partial charge in [-0.05, 0) is 36.1 Å². The van der Waals surface area contributed by atoms with Crippen molar-refractivity contribution in [2.75, 3.05) is 13.2 Å². The van der Waals surface area contributed by atoms with E-state index < -0.39 is 48.7 Å². The first kappa shape index (κ1) is 29.8. The molecule has 0 unspecified atom stereocenters. The van der Waals surface area contributed by atoms with Crippen molar-refractivity contribution >= 4 is 46.0 Å². The van der Waals surface area contributed by atoms with Crippen molar-refractivity contribution < 1.29 is 41.4 Å². The van der Waals surface area contributed by atoms with Gasteiger partial charge >= 0.3 is 6.18 Å². The van der Waals surface area contributed by atoms with Crippen molar-refractivity contribution in [2.24, 2.45) is 7.05 Å². The molecule has 0 atom stereocenters. The summed E-state index contributed by atoms with van der Waals surface area (Å²) < 4.78 is 70.1. The Kier molecular flexibility index (Phi) is 8.48. The van der Waals surface area contributed by atoms with Crippen molar-refractivity contribution in [3.63, 3.8) is 0 Å². The molecule has 15 heteroatoms. The summed E-state index contributed by atoms with van der Waals surface area (Å²) in [6, 6.07) is 5.61. The van der Waals surface area contributed by atoms with Gasteiger partial charge in [0.2, 0.25) is 0 Å². The monoisotopic (exact) mass is 608 g/mol. The Morgan fingerprint density at radius 1 is 1.20 bits per heavy atom. The van der Waals surface area contributed by atoms with E-state index >= 15 is 0 Å². The third-order valence-corrected chi connectivity index (χ3v) is 7.15. The zero-order valence-electron chi connectivity index (χ0n) is 20.8. The fourth-order valence-electron chi connectivity index (χ4n) is 3.94. The maximum atomic E-state index is 12.8. The molecule has 3 aromatic rings. The highest BCUT2D eigenvalue weighted by Crippen LogP contribution is 2.36. The summed E-state index contributed by atoms with van der Waals surface area (Å²) in [7, 11) is 1.60. The largest absolute Gasteiger partial charge is 0.487 e. The molecular weight excluding hydrogens is 586 g/mol. The van der Waals surface area contributed by atoms with Crippen LogP contribution in [0.5, 0.6) is 5.75 Å². The minimum Gasteiger partial charge on any atom is -0.487 e. The van der Waals surface area contributed by atoms with Gasteiger partial charge in [-0.2, -0.15) is 13.2 Å². The number of amides is 2. The number of ether oxygens (including phenoxy) is 1. The number of nitrogens with zero attached hydrogens (tertiary/aromatic N) is 2. The van der Waals surface area contributed by atoms with E-state index in [2.05, 4.69) is 10.3 Å². The van der Waals surface area contributed by atoms with Gasteiger partial charge in [-0.3, -0.25) is 9.59 Å². The van der Waals surface area contributed by atoms with Crippen molar-refractivity contribution in [1.29, 1.82) is 0 Å². The highest BCUT2D eigenvalue weighted by molar-refractivity contribution is 6.36. The molecule has 1 fully saturated rings. The molecule has 216 valence electrons. The average Bonchev–Trinajstić information content (AvgIpc) is 3.57. The molecule has 1 saturated carbocycles. The summed E-state index contributed by atoms with van der Waals surface area (Å²) in [4.78, 5) is 29.0. The molecule has 1 aromatic heterocycles. The summed E-state index contributed by atoms with van der Waals surface area (Å²) in [5.74, 6) is -1.64. The van der Waals surface area contributed by atoms with Gasteiger partial charge in [-0.1, -0.05) is 29.3 Å². The maximum Gasteiger partial charge on any atom is 0.405 e. The second-order valence-corrected chi connectivity index (χ2v) is 10.1.